The van der Waals surface area contributed by atoms with Gasteiger partial charge in [-0.1, -0.05) is 0 Å². The highest BCUT2D eigenvalue weighted by Gasteiger charge is 2.35. The van der Waals surface area contributed by atoms with Crippen molar-refractivity contribution in [2.75, 3.05) is 13.7 Å². The number of carboxylic acids is 1. The molecule has 1 rings (SSSR count). The van der Waals surface area contributed by atoms with E-state index >= 15 is 0 Å². The molecule has 14 heavy (non-hydrogen) atoms. The Hall–Kier alpha value is -1.59. The predicted molar refractivity (Wildman–Crippen MR) is 44.8 cm³/mol. The van der Waals surface area contributed by atoms with Gasteiger partial charge in [-0.3, -0.25) is 9.69 Å². The fourth-order valence-electron chi connectivity index (χ4n) is 1.39. The van der Waals surface area contributed by atoms with E-state index in [2.05, 4.69) is 4.74 Å². The standard InChI is InChI=1S/C8H11NO5/c1-14-8(13)9-3-2-5(10)4-6(9)7(11)12/h6H,2-4H2,1H3,(H,11,12). The number of ether oxygens (including phenoxy) is 1. The summed E-state index contributed by atoms with van der Waals surface area (Å²) in [6.45, 7) is 0.114. The van der Waals surface area contributed by atoms with E-state index in [9.17, 15) is 14.4 Å². The average molecular weight is 201 g/mol. The minimum Gasteiger partial charge on any atom is -0.480 e. The van der Waals surface area contributed by atoms with Gasteiger partial charge in [0.25, 0.3) is 0 Å². The van der Waals surface area contributed by atoms with Gasteiger partial charge in [-0.05, 0) is 0 Å². The molecule has 0 aliphatic carbocycles. The van der Waals surface area contributed by atoms with Crippen LogP contribution in [0.1, 0.15) is 12.8 Å². The van der Waals surface area contributed by atoms with Gasteiger partial charge in [-0.15, -0.1) is 0 Å². The molecule has 0 aromatic carbocycles. The highest BCUT2D eigenvalue weighted by molar-refractivity contribution is 5.90. The van der Waals surface area contributed by atoms with Crippen LogP contribution in [0, 0.1) is 0 Å². The summed E-state index contributed by atoms with van der Waals surface area (Å²) in [5.74, 6) is -1.32. The zero-order chi connectivity index (χ0) is 10.7. The second-order valence-electron chi connectivity index (χ2n) is 3.01. The van der Waals surface area contributed by atoms with Crippen LogP contribution in [-0.2, 0) is 14.3 Å². The Morgan fingerprint density at radius 3 is 2.71 bits per heavy atom. The Morgan fingerprint density at radius 2 is 2.21 bits per heavy atom. The Balaban J connectivity index is 2.77. The first kappa shape index (κ1) is 10.5. The van der Waals surface area contributed by atoms with Crippen LogP contribution >= 0.6 is 0 Å². The van der Waals surface area contributed by atoms with Gasteiger partial charge in [0.15, 0.2) is 0 Å². The summed E-state index contributed by atoms with van der Waals surface area (Å²) in [4.78, 5) is 33.9. The topological polar surface area (TPSA) is 83.9 Å². The van der Waals surface area contributed by atoms with Crippen LogP contribution in [0.5, 0.6) is 0 Å². The number of methoxy groups -OCH3 is 1. The predicted octanol–water partition coefficient (Wildman–Crippen LogP) is -0.129. The quantitative estimate of drug-likeness (QED) is 0.638. The van der Waals surface area contributed by atoms with Gasteiger partial charge in [-0.25, -0.2) is 9.59 Å². The molecule has 1 unspecified atom stereocenters. The highest BCUT2D eigenvalue weighted by atomic mass is 16.5. The third-order valence-electron chi connectivity index (χ3n) is 2.12. The number of likely N-dealkylation sites (tertiary alicyclic amines) is 1. The first-order valence-corrected chi connectivity index (χ1v) is 4.15. The molecule has 1 fully saturated rings. The average Bonchev–Trinajstić information content (AvgIpc) is 2.16. The maximum atomic E-state index is 11.1. The smallest absolute Gasteiger partial charge is 0.410 e. The van der Waals surface area contributed by atoms with Crippen molar-refractivity contribution in [1.29, 1.82) is 0 Å². The summed E-state index contributed by atoms with van der Waals surface area (Å²) < 4.78 is 4.42. The van der Waals surface area contributed by atoms with E-state index in [1.165, 1.54) is 7.11 Å². The van der Waals surface area contributed by atoms with Gasteiger partial charge in [-0.2, -0.15) is 0 Å². The van der Waals surface area contributed by atoms with Gasteiger partial charge in [0.05, 0.1) is 7.11 Å². The second-order valence-corrected chi connectivity index (χ2v) is 3.01. The molecule has 6 nitrogen and oxygen atoms in total. The number of hydrogen-bond acceptors (Lipinski definition) is 4. The van der Waals surface area contributed by atoms with E-state index in [4.69, 9.17) is 5.11 Å². The van der Waals surface area contributed by atoms with Crippen LogP contribution in [0.2, 0.25) is 0 Å². The maximum Gasteiger partial charge on any atom is 0.410 e. The van der Waals surface area contributed by atoms with Crippen molar-refractivity contribution < 1.29 is 24.2 Å². The molecule has 1 aliphatic rings. The van der Waals surface area contributed by atoms with Gasteiger partial charge < -0.3 is 9.84 Å². The normalized spacial score (nSPS) is 21.9. The third-order valence-corrected chi connectivity index (χ3v) is 2.12. The molecule has 1 atom stereocenters. The van der Waals surface area contributed by atoms with Crippen LogP contribution in [0.3, 0.4) is 0 Å². The number of carboxylic acid groups (broad SMARTS) is 1. The zero-order valence-corrected chi connectivity index (χ0v) is 7.73. The lowest BCUT2D eigenvalue weighted by atomic mass is 10.0. The number of ketones is 1. The van der Waals surface area contributed by atoms with Gasteiger partial charge in [0.2, 0.25) is 0 Å². The minimum absolute atomic E-state index is 0.114. The van der Waals surface area contributed by atoms with Gasteiger partial charge in [0, 0.05) is 19.4 Å². The molecule has 6 heteroatoms. The number of hydrogen-bond donors (Lipinski definition) is 1. The van der Waals surface area contributed by atoms with Crippen LogP contribution in [0.15, 0.2) is 0 Å². The third kappa shape index (κ3) is 2.01. The highest BCUT2D eigenvalue weighted by Crippen LogP contribution is 2.15. The Kier molecular flexibility index (Phi) is 3.06. The molecule has 0 radical (unpaired) electrons. The number of rotatable bonds is 1. The van der Waals surface area contributed by atoms with E-state index in [0.29, 0.717) is 0 Å². The number of carbonyl (C=O) groups excluding carboxylic acids is 2. The monoisotopic (exact) mass is 201 g/mol. The Morgan fingerprint density at radius 1 is 1.57 bits per heavy atom. The molecule has 1 N–H and O–H groups in total. The molecule has 78 valence electrons. The number of carbonyl (C=O) groups is 3. The maximum absolute atomic E-state index is 11.1. The number of amides is 1. The molecule has 1 heterocycles. The second kappa shape index (κ2) is 4.08. The summed E-state index contributed by atoms with van der Waals surface area (Å²) >= 11 is 0. The van der Waals surface area contributed by atoms with Crippen molar-refractivity contribution in [3.63, 3.8) is 0 Å². The van der Waals surface area contributed by atoms with E-state index in [-0.39, 0.29) is 25.2 Å². The van der Waals surface area contributed by atoms with Gasteiger partial charge in [0.1, 0.15) is 11.8 Å². The van der Waals surface area contributed by atoms with Crippen LogP contribution < -0.4 is 0 Å². The first-order valence-electron chi connectivity index (χ1n) is 4.15. The molecule has 1 amide bonds. The van der Waals surface area contributed by atoms with Crippen LogP contribution in [0.4, 0.5) is 4.79 Å². The molecule has 0 aromatic heterocycles. The largest absolute Gasteiger partial charge is 0.480 e. The molecule has 1 saturated heterocycles. The van der Waals surface area contributed by atoms with Crippen molar-refractivity contribution in [3.8, 4) is 0 Å². The van der Waals surface area contributed by atoms with E-state index < -0.39 is 18.1 Å². The molecule has 1 aliphatic heterocycles. The molecular formula is C8H11NO5. The molecular weight excluding hydrogens is 190 g/mol. The summed E-state index contributed by atoms with van der Waals surface area (Å²) in [5.41, 5.74) is 0. The van der Waals surface area contributed by atoms with E-state index in [0.717, 1.165) is 4.90 Å². The summed E-state index contributed by atoms with van der Waals surface area (Å²) in [6.07, 6.45) is -0.645. The fourth-order valence-corrected chi connectivity index (χ4v) is 1.39. The number of nitrogens with zero attached hydrogens (tertiary/aromatic N) is 1. The van der Waals surface area contributed by atoms with E-state index in [1.807, 2.05) is 0 Å². The lowest BCUT2D eigenvalue weighted by Gasteiger charge is -2.30. The lowest BCUT2D eigenvalue weighted by Crippen LogP contribution is -2.50. The van der Waals surface area contributed by atoms with Crippen molar-refractivity contribution in [1.82, 2.24) is 4.90 Å². The first-order chi connectivity index (χ1) is 6.56. The Bertz CT molecular complexity index is 275. The molecule has 0 aromatic rings. The van der Waals surface area contributed by atoms with Crippen LogP contribution in [0.25, 0.3) is 0 Å². The lowest BCUT2D eigenvalue weighted by molar-refractivity contribution is -0.146. The van der Waals surface area contributed by atoms with Crippen molar-refractivity contribution >= 4 is 17.8 Å². The van der Waals surface area contributed by atoms with Crippen molar-refractivity contribution in [3.05, 3.63) is 0 Å². The number of Topliss-reactive ketones (excluding diaryl/α,β-unsaturated/α-hetero) is 1. The number of piperidine rings is 1. The summed E-state index contributed by atoms with van der Waals surface area (Å²) in [6, 6.07) is -1.08. The molecule has 0 spiro atoms. The summed E-state index contributed by atoms with van der Waals surface area (Å²) in [7, 11) is 1.18. The van der Waals surface area contributed by atoms with E-state index in [1.54, 1.807) is 0 Å². The SMILES string of the molecule is COC(=O)N1CCC(=O)CC1C(=O)O. The summed E-state index contributed by atoms with van der Waals surface area (Å²) in [5, 5.41) is 8.77. The minimum atomic E-state index is -1.18. The van der Waals surface area contributed by atoms with Crippen molar-refractivity contribution in [2.45, 2.75) is 18.9 Å². The zero-order valence-electron chi connectivity index (χ0n) is 7.73. The molecule has 0 saturated carbocycles. The Labute approximate surface area is 80.4 Å². The van der Waals surface area contributed by atoms with Crippen molar-refractivity contribution in [2.24, 2.45) is 0 Å². The number of aliphatic carboxylic acids is 1. The van der Waals surface area contributed by atoms with Crippen LogP contribution in [-0.4, -0.2) is 47.5 Å². The fraction of sp³-hybridized carbons (Fsp3) is 0.625. The van der Waals surface area contributed by atoms with Gasteiger partial charge >= 0.3 is 12.1 Å². The molecule has 0 bridgehead atoms.